The van der Waals surface area contributed by atoms with Crippen molar-refractivity contribution in [2.75, 3.05) is 7.05 Å². The third kappa shape index (κ3) is 4.16. The molecule has 0 fully saturated rings. The van der Waals surface area contributed by atoms with Gasteiger partial charge in [0.1, 0.15) is 18.1 Å². The van der Waals surface area contributed by atoms with Crippen LogP contribution in [0.4, 0.5) is 0 Å². The van der Waals surface area contributed by atoms with Gasteiger partial charge in [-0.25, -0.2) is 0 Å². The lowest BCUT2D eigenvalue weighted by atomic mass is 10.1. The molecule has 0 unspecified atom stereocenters. The summed E-state index contributed by atoms with van der Waals surface area (Å²) in [6.45, 7) is 3.51. The van der Waals surface area contributed by atoms with Crippen molar-refractivity contribution in [3.8, 4) is 5.75 Å². The lowest BCUT2D eigenvalue weighted by molar-refractivity contribution is 0.0747. The Morgan fingerprint density at radius 3 is 2.76 bits per heavy atom. The molecule has 6 heteroatoms. The number of carbonyl (C=O) groups excluding carboxylic acids is 1. The summed E-state index contributed by atoms with van der Waals surface area (Å²) >= 11 is 0. The number of rotatable bonds is 7. The quantitative estimate of drug-likeness (QED) is 0.467. The number of ether oxygens (including phenoxy) is 1. The summed E-state index contributed by atoms with van der Waals surface area (Å²) in [5.74, 6) is 1.49. The van der Waals surface area contributed by atoms with E-state index in [2.05, 4.69) is 5.10 Å². The van der Waals surface area contributed by atoms with Crippen LogP contribution in [-0.4, -0.2) is 27.6 Å². The number of nitrogens with zero attached hydrogens (tertiary/aromatic N) is 3. The third-order valence-corrected chi connectivity index (χ3v) is 4.76. The first-order chi connectivity index (χ1) is 14.1. The molecular formula is C23H23N3O3. The molecule has 0 saturated carbocycles. The summed E-state index contributed by atoms with van der Waals surface area (Å²) < 4.78 is 13.5. The molecular weight excluding hydrogens is 366 g/mol. The molecule has 0 aliphatic rings. The second-order valence-electron chi connectivity index (χ2n) is 6.86. The minimum Gasteiger partial charge on any atom is -0.485 e. The molecule has 1 amide bonds. The molecule has 0 spiro atoms. The molecule has 29 heavy (non-hydrogen) atoms. The molecule has 6 nitrogen and oxygen atoms in total. The number of aromatic nitrogens is 2. The average Bonchev–Trinajstić information content (AvgIpc) is 3.41. The summed E-state index contributed by atoms with van der Waals surface area (Å²) in [6.07, 6.45) is 1.91. The molecule has 0 atom stereocenters. The Bertz CT molecular complexity index is 1120. The van der Waals surface area contributed by atoms with Crippen LogP contribution in [0.15, 0.2) is 71.3 Å². The first kappa shape index (κ1) is 18.8. The van der Waals surface area contributed by atoms with Crippen molar-refractivity contribution in [2.24, 2.45) is 0 Å². The molecule has 4 rings (SSSR count). The molecule has 0 aliphatic heterocycles. The Kier molecular flexibility index (Phi) is 5.33. The Morgan fingerprint density at radius 2 is 1.93 bits per heavy atom. The van der Waals surface area contributed by atoms with Gasteiger partial charge >= 0.3 is 0 Å². The van der Waals surface area contributed by atoms with Crippen LogP contribution in [0.1, 0.15) is 28.9 Å². The Labute approximate surface area is 169 Å². The second-order valence-corrected chi connectivity index (χ2v) is 6.86. The van der Waals surface area contributed by atoms with Crippen LogP contribution < -0.4 is 4.74 Å². The molecule has 2 aromatic heterocycles. The fraction of sp³-hybridized carbons (Fsp3) is 0.217. The lowest BCUT2D eigenvalue weighted by Gasteiger charge is -2.14. The Hall–Kier alpha value is -3.54. The van der Waals surface area contributed by atoms with Crippen molar-refractivity contribution < 1.29 is 13.9 Å². The van der Waals surface area contributed by atoms with E-state index in [1.54, 1.807) is 24.1 Å². The zero-order valence-electron chi connectivity index (χ0n) is 16.5. The van der Waals surface area contributed by atoms with Gasteiger partial charge in [0.15, 0.2) is 5.76 Å². The number of furan rings is 1. The van der Waals surface area contributed by atoms with Gasteiger partial charge in [0, 0.05) is 25.2 Å². The van der Waals surface area contributed by atoms with Gasteiger partial charge in [0.25, 0.3) is 5.91 Å². The third-order valence-electron chi connectivity index (χ3n) is 4.76. The van der Waals surface area contributed by atoms with E-state index in [1.165, 1.54) is 0 Å². The van der Waals surface area contributed by atoms with E-state index in [-0.39, 0.29) is 12.5 Å². The summed E-state index contributed by atoms with van der Waals surface area (Å²) in [7, 11) is 1.74. The van der Waals surface area contributed by atoms with E-state index in [4.69, 9.17) is 9.15 Å². The zero-order valence-corrected chi connectivity index (χ0v) is 16.5. The van der Waals surface area contributed by atoms with Crippen LogP contribution in [0.25, 0.3) is 10.8 Å². The van der Waals surface area contributed by atoms with Gasteiger partial charge < -0.3 is 14.1 Å². The Balaban J connectivity index is 1.40. The molecule has 148 valence electrons. The Morgan fingerprint density at radius 1 is 1.10 bits per heavy atom. The van der Waals surface area contributed by atoms with E-state index in [1.807, 2.05) is 66.3 Å². The minimum absolute atomic E-state index is 0.188. The largest absolute Gasteiger partial charge is 0.485 e. The van der Waals surface area contributed by atoms with Gasteiger partial charge in [-0.1, -0.05) is 36.4 Å². The number of fused-ring (bicyclic) bond motifs is 1. The first-order valence-corrected chi connectivity index (χ1v) is 9.61. The molecule has 0 bridgehead atoms. The highest BCUT2D eigenvalue weighted by atomic mass is 16.5. The molecule has 0 N–H and O–H groups in total. The van der Waals surface area contributed by atoms with E-state index < -0.39 is 0 Å². The molecule has 2 aromatic carbocycles. The van der Waals surface area contributed by atoms with E-state index in [0.717, 1.165) is 28.8 Å². The number of amides is 1. The summed E-state index contributed by atoms with van der Waals surface area (Å²) in [5.41, 5.74) is 0.841. The first-order valence-electron chi connectivity index (χ1n) is 9.61. The van der Waals surface area contributed by atoms with Crippen molar-refractivity contribution in [1.29, 1.82) is 0 Å². The summed E-state index contributed by atoms with van der Waals surface area (Å²) in [4.78, 5) is 14.2. The molecule has 2 heterocycles. The number of carbonyl (C=O) groups is 1. The normalized spacial score (nSPS) is 11.0. The monoisotopic (exact) mass is 389 g/mol. The highest BCUT2D eigenvalue weighted by Gasteiger charge is 2.17. The minimum atomic E-state index is -0.188. The molecule has 4 aromatic rings. The highest BCUT2D eigenvalue weighted by Crippen LogP contribution is 2.26. The zero-order chi connectivity index (χ0) is 20.2. The van der Waals surface area contributed by atoms with Crippen molar-refractivity contribution in [3.63, 3.8) is 0 Å². The smallest absolute Gasteiger partial charge is 0.289 e. The molecule has 0 radical (unpaired) electrons. The van der Waals surface area contributed by atoms with E-state index in [9.17, 15) is 4.79 Å². The number of hydrogen-bond acceptors (Lipinski definition) is 4. The number of benzene rings is 2. The van der Waals surface area contributed by atoms with E-state index in [0.29, 0.717) is 18.1 Å². The fourth-order valence-corrected chi connectivity index (χ4v) is 3.21. The van der Waals surface area contributed by atoms with Crippen molar-refractivity contribution in [2.45, 2.75) is 26.6 Å². The standard InChI is InChI=1S/C23H23N3O3/c1-3-26-14-13-18(24-26)15-25(2)23(27)22-12-11-19(29-22)16-28-21-10-6-8-17-7-4-5-9-20(17)21/h4-14H,3,15-16H2,1-2H3. The predicted octanol–water partition coefficient (Wildman–Crippen LogP) is 4.50. The van der Waals surface area contributed by atoms with E-state index >= 15 is 0 Å². The van der Waals surface area contributed by atoms with Crippen molar-refractivity contribution in [3.05, 3.63) is 84.1 Å². The van der Waals surface area contributed by atoms with Crippen LogP contribution in [0.3, 0.4) is 0 Å². The predicted molar refractivity (Wildman–Crippen MR) is 111 cm³/mol. The van der Waals surface area contributed by atoms with Gasteiger partial charge in [0.2, 0.25) is 0 Å². The molecule has 0 saturated heterocycles. The maximum absolute atomic E-state index is 12.6. The van der Waals surface area contributed by atoms with Crippen LogP contribution in [0.2, 0.25) is 0 Å². The van der Waals surface area contributed by atoms with Crippen LogP contribution >= 0.6 is 0 Å². The van der Waals surface area contributed by atoms with Gasteiger partial charge in [-0.15, -0.1) is 0 Å². The van der Waals surface area contributed by atoms with Gasteiger partial charge in [0.05, 0.1) is 12.2 Å². The van der Waals surface area contributed by atoms with Crippen molar-refractivity contribution in [1.82, 2.24) is 14.7 Å². The highest BCUT2D eigenvalue weighted by molar-refractivity contribution is 5.91. The maximum atomic E-state index is 12.6. The van der Waals surface area contributed by atoms with Crippen molar-refractivity contribution >= 4 is 16.7 Å². The van der Waals surface area contributed by atoms with Gasteiger partial charge in [-0.3, -0.25) is 9.48 Å². The SMILES string of the molecule is CCn1ccc(CN(C)C(=O)c2ccc(COc3cccc4ccccc34)o2)n1. The molecule has 0 aliphatic carbocycles. The van der Waals surface area contributed by atoms with Gasteiger partial charge in [-0.05, 0) is 36.6 Å². The maximum Gasteiger partial charge on any atom is 0.289 e. The van der Waals surface area contributed by atoms with Gasteiger partial charge in [-0.2, -0.15) is 5.10 Å². The van der Waals surface area contributed by atoms with Crippen LogP contribution in [-0.2, 0) is 19.7 Å². The number of hydrogen-bond donors (Lipinski definition) is 0. The fourth-order valence-electron chi connectivity index (χ4n) is 3.21. The summed E-state index contributed by atoms with van der Waals surface area (Å²) in [6, 6.07) is 19.4. The number of aryl methyl sites for hydroxylation is 1. The lowest BCUT2D eigenvalue weighted by Crippen LogP contribution is -2.26. The van der Waals surface area contributed by atoms with Crippen LogP contribution in [0, 0.1) is 0 Å². The second kappa shape index (κ2) is 8.22. The van der Waals surface area contributed by atoms with Crippen LogP contribution in [0.5, 0.6) is 5.75 Å². The topological polar surface area (TPSA) is 60.5 Å². The average molecular weight is 389 g/mol. The summed E-state index contributed by atoms with van der Waals surface area (Å²) in [5, 5.41) is 6.57.